The van der Waals surface area contributed by atoms with Crippen LogP contribution in [0.1, 0.15) is 32.3 Å². The molecule has 0 bridgehead atoms. The maximum Gasteiger partial charge on any atom is 0.165 e. The lowest BCUT2D eigenvalue weighted by Crippen LogP contribution is -2.13. The average molecular weight is 322 g/mol. The first-order valence-corrected chi connectivity index (χ1v) is 7.21. The first kappa shape index (κ1) is 14.7. The monoisotopic (exact) mass is 320 g/mol. The molecule has 0 aliphatic carbocycles. The van der Waals surface area contributed by atoms with Crippen molar-refractivity contribution in [2.45, 2.75) is 38.1 Å². The number of halogens is 2. The molecule has 4 heteroatoms. The van der Waals surface area contributed by atoms with Gasteiger partial charge >= 0.3 is 0 Å². The molecule has 0 amide bonds. The lowest BCUT2D eigenvalue weighted by Gasteiger charge is -2.19. The van der Waals surface area contributed by atoms with Gasteiger partial charge in [-0.05, 0) is 19.4 Å². The van der Waals surface area contributed by atoms with E-state index in [2.05, 4.69) is 29.8 Å². The average Bonchev–Trinajstić information content (AvgIpc) is 2.31. The predicted octanol–water partition coefficient (Wildman–Crippen LogP) is 4.81. The third-order valence-electron chi connectivity index (χ3n) is 2.47. The third kappa shape index (κ3) is 4.07. The summed E-state index contributed by atoms with van der Waals surface area (Å²) in [5.74, 6) is 1.48. The van der Waals surface area contributed by atoms with Gasteiger partial charge in [-0.15, -0.1) is 0 Å². The summed E-state index contributed by atoms with van der Waals surface area (Å²) in [6.07, 6.45) is 2.29. The minimum atomic E-state index is 0.174. The van der Waals surface area contributed by atoms with Gasteiger partial charge in [0.15, 0.2) is 11.5 Å². The standard InChI is InChI=1S/C13H18BrClO2/c1-4-5-9(2)17-13-10(8-14)6-11(15)7-12(13)16-3/h6-7,9H,4-5,8H2,1-3H3. The van der Waals surface area contributed by atoms with Gasteiger partial charge in [0.2, 0.25) is 0 Å². The summed E-state index contributed by atoms with van der Waals surface area (Å²) in [5.41, 5.74) is 1.01. The summed E-state index contributed by atoms with van der Waals surface area (Å²) < 4.78 is 11.3. The van der Waals surface area contributed by atoms with Crippen LogP contribution in [0.25, 0.3) is 0 Å². The van der Waals surface area contributed by atoms with Crippen LogP contribution in [-0.2, 0) is 5.33 Å². The van der Waals surface area contributed by atoms with Crippen LogP contribution < -0.4 is 9.47 Å². The molecule has 1 aromatic rings. The second-order valence-electron chi connectivity index (χ2n) is 3.95. The zero-order valence-corrected chi connectivity index (χ0v) is 12.8. The highest BCUT2D eigenvalue weighted by molar-refractivity contribution is 9.08. The molecule has 1 unspecified atom stereocenters. The van der Waals surface area contributed by atoms with E-state index in [0.717, 1.165) is 24.2 Å². The van der Waals surface area contributed by atoms with Crippen LogP contribution in [0.3, 0.4) is 0 Å². The van der Waals surface area contributed by atoms with Gasteiger partial charge < -0.3 is 9.47 Å². The maximum absolute atomic E-state index is 6.02. The molecule has 0 fully saturated rings. The normalized spacial score (nSPS) is 12.3. The SMILES string of the molecule is CCCC(C)Oc1c(CBr)cc(Cl)cc1OC. The molecule has 0 radical (unpaired) electrons. The number of benzene rings is 1. The van der Waals surface area contributed by atoms with Crippen molar-refractivity contribution in [2.24, 2.45) is 0 Å². The first-order chi connectivity index (χ1) is 8.12. The van der Waals surface area contributed by atoms with E-state index in [1.54, 1.807) is 13.2 Å². The molecule has 1 rings (SSSR count). The van der Waals surface area contributed by atoms with E-state index in [9.17, 15) is 0 Å². The van der Waals surface area contributed by atoms with Crippen LogP contribution in [-0.4, -0.2) is 13.2 Å². The van der Waals surface area contributed by atoms with E-state index in [0.29, 0.717) is 16.1 Å². The van der Waals surface area contributed by atoms with Crippen molar-refractivity contribution in [1.29, 1.82) is 0 Å². The number of hydrogen-bond donors (Lipinski definition) is 0. The molecule has 0 N–H and O–H groups in total. The van der Waals surface area contributed by atoms with Crippen molar-refractivity contribution in [3.8, 4) is 11.5 Å². The Kier molecular flexibility index (Phi) is 6.14. The van der Waals surface area contributed by atoms with E-state index in [4.69, 9.17) is 21.1 Å². The van der Waals surface area contributed by atoms with Crippen molar-refractivity contribution in [3.05, 3.63) is 22.7 Å². The van der Waals surface area contributed by atoms with E-state index >= 15 is 0 Å². The molecule has 0 spiro atoms. The smallest absolute Gasteiger partial charge is 0.165 e. The molecule has 0 heterocycles. The molecule has 2 nitrogen and oxygen atoms in total. The second-order valence-corrected chi connectivity index (χ2v) is 4.94. The highest BCUT2D eigenvalue weighted by Crippen LogP contribution is 2.36. The minimum Gasteiger partial charge on any atom is -0.493 e. The highest BCUT2D eigenvalue weighted by Gasteiger charge is 2.14. The number of hydrogen-bond acceptors (Lipinski definition) is 2. The van der Waals surface area contributed by atoms with Gasteiger partial charge in [-0.2, -0.15) is 0 Å². The molecule has 0 aromatic heterocycles. The van der Waals surface area contributed by atoms with E-state index in [1.165, 1.54) is 0 Å². The van der Waals surface area contributed by atoms with E-state index in [-0.39, 0.29) is 6.10 Å². The van der Waals surface area contributed by atoms with Gasteiger partial charge in [-0.3, -0.25) is 0 Å². The van der Waals surface area contributed by atoms with Gasteiger partial charge in [0.25, 0.3) is 0 Å². The van der Waals surface area contributed by atoms with Crippen LogP contribution >= 0.6 is 27.5 Å². The number of ether oxygens (including phenoxy) is 2. The van der Waals surface area contributed by atoms with Crippen molar-refractivity contribution < 1.29 is 9.47 Å². The van der Waals surface area contributed by atoms with Crippen LogP contribution in [0.2, 0.25) is 5.02 Å². The Morgan fingerprint density at radius 1 is 1.41 bits per heavy atom. The fourth-order valence-corrected chi connectivity index (χ4v) is 2.32. The van der Waals surface area contributed by atoms with Crippen molar-refractivity contribution >= 4 is 27.5 Å². The molecule has 1 atom stereocenters. The minimum absolute atomic E-state index is 0.174. The lowest BCUT2D eigenvalue weighted by atomic mass is 10.2. The number of methoxy groups -OCH3 is 1. The quantitative estimate of drug-likeness (QED) is 0.700. The van der Waals surface area contributed by atoms with Gasteiger partial charge in [-0.25, -0.2) is 0 Å². The summed E-state index contributed by atoms with van der Waals surface area (Å²) in [7, 11) is 1.63. The summed E-state index contributed by atoms with van der Waals surface area (Å²) in [6, 6.07) is 3.68. The zero-order chi connectivity index (χ0) is 12.8. The molecule has 1 aromatic carbocycles. The number of alkyl halides is 1. The highest BCUT2D eigenvalue weighted by atomic mass is 79.9. The number of rotatable bonds is 6. The molecular formula is C13H18BrClO2. The Labute approximate surface area is 116 Å². The fourth-order valence-electron chi connectivity index (χ4n) is 1.67. The Hall–Kier alpha value is -0.410. The summed E-state index contributed by atoms with van der Waals surface area (Å²) in [5, 5.41) is 1.35. The summed E-state index contributed by atoms with van der Waals surface area (Å²) >= 11 is 9.46. The Bertz CT molecular complexity index is 343. The molecule has 17 heavy (non-hydrogen) atoms. The van der Waals surface area contributed by atoms with E-state index < -0.39 is 0 Å². The topological polar surface area (TPSA) is 18.5 Å². The first-order valence-electron chi connectivity index (χ1n) is 5.71. The predicted molar refractivity (Wildman–Crippen MR) is 75.6 cm³/mol. The van der Waals surface area contributed by atoms with Gasteiger partial charge in [-0.1, -0.05) is 40.9 Å². The third-order valence-corrected chi connectivity index (χ3v) is 3.30. The summed E-state index contributed by atoms with van der Waals surface area (Å²) in [6.45, 7) is 4.21. The van der Waals surface area contributed by atoms with Crippen molar-refractivity contribution in [2.75, 3.05) is 7.11 Å². The van der Waals surface area contributed by atoms with Crippen LogP contribution in [0.5, 0.6) is 11.5 Å². The lowest BCUT2D eigenvalue weighted by molar-refractivity contribution is 0.199. The molecule has 0 aliphatic heterocycles. The van der Waals surface area contributed by atoms with Gasteiger partial charge in [0.1, 0.15) is 0 Å². The van der Waals surface area contributed by atoms with E-state index in [1.807, 2.05) is 6.07 Å². The molecule has 0 saturated carbocycles. The molecular weight excluding hydrogens is 303 g/mol. The molecule has 0 aliphatic rings. The van der Waals surface area contributed by atoms with Gasteiger partial charge in [0, 0.05) is 22.0 Å². The van der Waals surface area contributed by atoms with Crippen molar-refractivity contribution in [3.63, 3.8) is 0 Å². The molecule has 96 valence electrons. The second kappa shape index (κ2) is 7.12. The Balaban J connectivity index is 3.02. The fraction of sp³-hybridized carbons (Fsp3) is 0.538. The zero-order valence-electron chi connectivity index (χ0n) is 10.4. The van der Waals surface area contributed by atoms with Crippen LogP contribution in [0.4, 0.5) is 0 Å². The Morgan fingerprint density at radius 2 is 2.12 bits per heavy atom. The summed E-state index contributed by atoms with van der Waals surface area (Å²) in [4.78, 5) is 0. The largest absolute Gasteiger partial charge is 0.493 e. The van der Waals surface area contributed by atoms with Crippen LogP contribution in [0, 0.1) is 0 Å². The molecule has 0 saturated heterocycles. The van der Waals surface area contributed by atoms with Crippen LogP contribution in [0.15, 0.2) is 12.1 Å². The van der Waals surface area contributed by atoms with Gasteiger partial charge in [0.05, 0.1) is 13.2 Å². The van der Waals surface area contributed by atoms with Crippen molar-refractivity contribution in [1.82, 2.24) is 0 Å². The maximum atomic E-state index is 6.02. The Morgan fingerprint density at radius 3 is 2.65 bits per heavy atom.